The van der Waals surface area contributed by atoms with Crippen molar-refractivity contribution in [2.45, 2.75) is 39.3 Å². The number of likely N-dealkylation sites (tertiary alicyclic amines) is 1. The van der Waals surface area contributed by atoms with Crippen molar-refractivity contribution >= 4 is 17.3 Å². The number of guanidine groups is 1. The monoisotopic (exact) mass is 339 g/mol. The van der Waals surface area contributed by atoms with E-state index in [4.69, 9.17) is 4.74 Å². The molecule has 0 amide bonds. The van der Waals surface area contributed by atoms with Gasteiger partial charge in [0.1, 0.15) is 5.01 Å². The molecule has 2 rings (SSSR count). The fraction of sp³-hybridized carbons (Fsp3) is 0.750. The number of thiazole rings is 1. The van der Waals surface area contributed by atoms with Crippen LogP contribution in [0, 0.1) is 6.92 Å². The molecule has 1 aliphatic rings. The molecule has 2 heterocycles. The summed E-state index contributed by atoms with van der Waals surface area (Å²) in [5.41, 5.74) is 0. The summed E-state index contributed by atoms with van der Waals surface area (Å²) in [6, 6.07) is 0.566. The second-order valence-electron chi connectivity index (χ2n) is 5.77. The Bertz CT molecular complexity index is 491. The zero-order chi connectivity index (χ0) is 16.5. The summed E-state index contributed by atoms with van der Waals surface area (Å²) in [5, 5.41) is 7.85. The predicted octanol–water partition coefficient (Wildman–Crippen LogP) is 1.62. The maximum atomic E-state index is 5.20. The highest BCUT2D eigenvalue weighted by Gasteiger charge is 2.23. The summed E-state index contributed by atoms with van der Waals surface area (Å²) < 4.78 is 5.20. The first-order valence-corrected chi connectivity index (χ1v) is 9.21. The summed E-state index contributed by atoms with van der Waals surface area (Å²) in [6.45, 7) is 9.55. The molecular weight excluding hydrogens is 310 g/mol. The first kappa shape index (κ1) is 18.2. The molecule has 0 bridgehead atoms. The minimum Gasteiger partial charge on any atom is -0.383 e. The van der Waals surface area contributed by atoms with E-state index in [1.807, 2.05) is 6.20 Å². The minimum absolute atomic E-state index is 0.566. The lowest BCUT2D eigenvalue weighted by Crippen LogP contribution is -2.45. The zero-order valence-electron chi connectivity index (χ0n) is 14.5. The third-order valence-electron chi connectivity index (χ3n) is 3.97. The molecule has 0 saturated carbocycles. The van der Waals surface area contributed by atoms with Crippen molar-refractivity contribution in [1.29, 1.82) is 0 Å². The van der Waals surface area contributed by atoms with Crippen LogP contribution in [0.1, 0.15) is 29.7 Å². The molecule has 1 aliphatic heterocycles. The molecule has 0 radical (unpaired) electrons. The topological polar surface area (TPSA) is 61.8 Å². The first-order chi connectivity index (χ1) is 11.2. The van der Waals surface area contributed by atoms with E-state index in [1.165, 1.54) is 24.3 Å². The standard InChI is InChI=1S/C16H29N5OS/c1-4-17-16(20-12-15-18-10-13(2)23-15)19-11-14-6-5-7-21(14)8-9-22-3/h10,14H,4-9,11-12H2,1-3H3,(H2,17,19,20). The molecule has 1 atom stereocenters. The predicted molar refractivity (Wildman–Crippen MR) is 96.1 cm³/mol. The van der Waals surface area contributed by atoms with Crippen LogP contribution in [-0.4, -0.2) is 61.8 Å². The Kier molecular flexibility index (Phi) is 7.78. The quantitative estimate of drug-likeness (QED) is 0.557. The summed E-state index contributed by atoms with van der Waals surface area (Å²) in [4.78, 5) is 12.7. The normalized spacial score (nSPS) is 19.3. The highest BCUT2D eigenvalue weighted by atomic mass is 32.1. The van der Waals surface area contributed by atoms with Crippen LogP contribution in [0.25, 0.3) is 0 Å². The van der Waals surface area contributed by atoms with Gasteiger partial charge in [-0.05, 0) is 33.2 Å². The number of hydrogen-bond acceptors (Lipinski definition) is 5. The molecule has 6 nitrogen and oxygen atoms in total. The van der Waals surface area contributed by atoms with E-state index >= 15 is 0 Å². The van der Waals surface area contributed by atoms with E-state index < -0.39 is 0 Å². The Balaban J connectivity index is 1.83. The molecule has 1 aromatic heterocycles. The molecule has 23 heavy (non-hydrogen) atoms. The van der Waals surface area contributed by atoms with Crippen LogP contribution in [0.2, 0.25) is 0 Å². The smallest absolute Gasteiger partial charge is 0.191 e. The highest BCUT2D eigenvalue weighted by molar-refractivity contribution is 7.11. The lowest BCUT2D eigenvalue weighted by molar-refractivity contribution is 0.141. The maximum Gasteiger partial charge on any atom is 0.191 e. The summed E-state index contributed by atoms with van der Waals surface area (Å²) in [6.07, 6.45) is 4.41. The number of nitrogens with one attached hydrogen (secondary N) is 2. The number of nitrogens with zero attached hydrogens (tertiary/aromatic N) is 3. The van der Waals surface area contributed by atoms with Gasteiger partial charge in [-0.2, -0.15) is 0 Å². The Morgan fingerprint density at radius 3 is 3.09 bits per heavy atom. The number of rotatable bonds is 8. The first-order valence-electron chi connectivity index (χ1n) is 8.39. The van der Waals surface area contributed by atoms with Crippen molar-refractivity contribution in [3.8, 4) is 0 Å². The van der Waals surface area contributed by atoms with Crippen molar-refractivity contribution in [2.24, 2.45) is 4.99 Å². The van der Waals surface area contributed by atoms with Crippen LogP contribution in [0.5, 0.6) is 0 Å². The average molecular weight is 340 g/mol. The van der Waals surface area contributed by atoms with E-state index in [2.05, 4.69) is 39.4 Å². The van der Waals surface area contributed by atoms with Gasteiger partial charge in [0.15, 0.2) is 5.96 Å². The Morgan fingerprint density at radius 1 is 1.52 bits per heavy atom. The van der Waals surface area contributed by atoms with Gasteiger partial charge in [0.2, 0.25) is 0 Å². The minimum atomic E-state index is 0.566. The molecule has 0 aliphatic carbocycles. The molecule has 1 saturated heterocycles. The van der Waals surface area contributed by atoms with Crippen molar-refractivity contribution in [3.63, 3.8) is 0 Å². The van der Waals surface area contributed by atoms with E-state index in [0.717, 1.165) is 37.2 Å². The molecule has 1 unspecified atom stereocenters. The number of methoxy groups -OCH3 is 1. The molecule has 130 valence electrons. The SMILES string of the molecule is CCNC(=NCc1ncc(C)s1)NCC1CCCN1CCOC. The molecule has 1 aromatic rings. The number of aryl methyl sites for hydroxylation is 1. The van der Waals surface area contributed by atoms with Crippen LogP contribution in [-0.2, 0) is 11.3 Å². The second-order valence-corrected chi connectivity index (χ2v) is 7.08. The van der Waals surface area contributed by atoms with Gasteiger partial charge in [0, 0.05) is 43.9 Å². The Labute approximate surface area is 143 Å². The van der Waals surface area contributed by atoms with Crippen LogP contribution in [0.3, 0.4) is 0 Å². The summed E-state index contributed by atoms with van der Waals surface area (Å²) >= 11 is 1.70. The number of hydrogen-bond donors (Lipinski definition) is 2. The van der Waals surface area contributed by atoms with Gasteiger partial charge >= 0.3 is 0 Å². The summed E-state index contributed by atoms with van der Waals surface area (Å²) in [5.74, 6) is 0.874. The van der Waals surface area contributed by atoms with Crippen molar-refractivity contribution < 1.29 is 4.74 Å². The maximum absolute atomic E-state index is 5.20. The number of aliphatic imine (C=N–C) groups is 1. The lowest BCUT2D eigenvalue weighted by Gasteiger charge is -2.25. The molecule has 7 heteroatoms. The molecular formula is C16H29N5OS. The van der Waals surface area contributed by atoms with Gasteiger partial charge in [-0.1, -0.05) is 0 Å². The van der Waals surface area contributed by atoms with E-state index in [0.29, 0.717) is 12.6 Å². The van der Waals surface area contributed by atoms with Gasteiger partial charge < -0.3 is 15.4 Å². The zero-order valence-corrected chi connectivity index (χ0v) is 15.3. The molecule has 0 spiro atoms. The van der Waals surface area contributed by atoms with Crippen LogP contribution in [0.15, 0.2) is 11.2 Å². The van der Waals surface area contributed by atoms with Gasteiger partial charge in [0.25, 0.3) is 0 Å². The Hall–Kier alpha value is -1.18. The largest absolute Gasteiger partial charge is 0.383 e. The fourth-order valence-corrected chi connectivity index (χ4v) is 3.52. The van der Waals surface area contributed by atoms with Gasteiger partial charge in [-0.25, -0.2) is 9.98 Å². The molecule has 0 aromatic carbocycles. The van der Waals surface area contributed by atoms with Crippen molar-refractivity contribution in [2.75, 3.05) is 39.9 Å². The van der Waals surface area contributed by atoms with Crippen LogP contribution < -0.4 is 10.6 Å². The third kappa shape index (κ3) is 6.08. The van der Waals surface area contributed by atoms with Gasteiger partial charge in [0.05, 0.1) is 13.2 Å². The molecule has 1 fully saturated rings. The number of aromatic nitrogens is 1. The van der Waals surface area contributed by atoms with E-state index in [9.17, 15) is 0 Å². The van der Waals surface area contributed by atoms with Crippen molar-refractivity contribution in [3.05, 3.63) is 16.1 Å². The summed E-state index contributed by atoms with van der Waals surface area (Å²) in [7, 11) is 1.76. The fourth-order valence-electron chi connectivity index (χ4n) is 2.81. The van der Waals surface area contributed by atoms with Gasteiger partial charge in [-0.15, -0.1) is 11.3 Å². The van der Waals surface area contributed by atoms with Gasteiger partial charge in [-0.3, -0.25) is 4.90 Å². The molecule has 2 N–H and O–H groups in total. The van der Waals surface area contributed by atoms with E-state index in [-0.39, 0.29) is 0 Å². The number of ether oxygens (including phenoxy) is 1. The van der Waals surface area contributed by atoms with Crippen molar-refractivity contribution in [1.82, 2.24) is 20.5 Å². The third-order valence-corrected chi connectivity index (χ3v) is 4.87. The average Bonchev–Trinajstić information content (AvgIpc) is 3.16. The van der Waals surface area contributed by atoms with Crippen LogP contribution in [0.4, 0.5) is 0 Å². The Morgan fingerprint density at radius 2 is 2.39 bits per heavy atom. The highest BCUT2D eigenvalue weighted by Crippen LogP contribution is 2.16. The lowest BCUT2D eigenvalue weighted by atomic mass is 10.2. The second kappa shape index (κ2) is 9.85. The van der Waals surface area contributed by atoms with E-state index in [1.54, 1.807) is 18.4 Å². The van der Waals surface area contributed by atoms with Crippen LogP contribution >= 0.6 is 11.3 Å².